The Hall–Kier alpha value is -1.32. The van der Waals surface area contributed by atoms with Crippen LogP contribution in [0.15, 0.2) is 11.6 Å². The van der Waals surface area contributed by atoms with E-state index in [0.717, 1.165) is 0 Å². The van der Waals surface area contributed by atoms with Crippen LogP contribution in [0.25, 0.3) is 0 Å². The summed E-state index contributed by atoms with van der Waals surface area (Å²) in [5.41, 5.74) is 0.670. The predicted octanol–water partition coefficient (Wildman–Crippen LogP) is 0.932. The molecule has 0 saturated heterocycles. The molecular formula is C10H15NO3. The molecule has 1 aliphatic rings. The number of nitrogens with one attached hydrogen (secondary N) is 1. The summed E-state index contributed by atoms with van der Waals surface area (Å²) in [6.45, 7) is 3.54. The SMILES string of the molecule is CC=C(C)C(=O)NC1CC(C(=O)O)C1. The van der Waals surface area contributed by atoms with E-state index in [1.54, 1.807) is 19.9 Å². The molecule has 1 amide bonds. The van der Waals surface area contributed by atoms with Crippen LogP contribution in [-0.2, 0) is 9.59 Å². The highest BCUT2D eigenvalue weighted by atomic mass is 16.4. The molecule has 2 N–H and O–H groups in total. The fraction of sp³-hybridized carbons (Fsp3) is 0.600. The van der Waals surface area contributed by atoms with E-state index in [2.05, 4.69) is 5.32 Å². The first-order valence-corrected chi connectivity index (χ1v) is 4.71. The van der Waals surface area contributed by atoms with Crippen molar-refractivity contribution in [3.05, 3.63) is 11.6 Å². The number of hydrogen-bond acceptors (Lipinski definition) is 2. The number of amides is 1. The Labute approximate surface area is 83.0 Å². The molecule has 0 aromatic heterocycles. The first kappa shape index (κ1) is 10.8. The lowest BCUT2D eigenvalue weighted by atomic mass is 9.80. The number of carbonyl (C=O) groups is 2. The number of carboxylic acid groups (broad SMARTS) is 1. The number of rotatable bonds is 3. The van der Waals surface area contributed by atoms with Gasteiger partial charge < -0.3 is 10.4 Å². The van der Waals surface area contributed by atoms with Crippen molar-refractivity contribution in [2.24, 2.45) is 5.92 Å². The molecule has 4 nitrogen and oxygen atoms in total. The van der Waals surface area contributed by atoms with Gasteiger partial charge in [-0.05, 0) is 26.7 Å². The monoisotopic (exact) mass is 197 g/mol. The van der Waals surface area contributed by atoms with Gasteiger partial charge in [-0.2, -0.15) is 0 Å². The molecule has 0 unspecified atom stereocenters. The van der Waals surface area contributed by atoms with E-state index in [0.29, 0.717) is 18.4 Å². The summed E-state index contributed by atoms with van der Waals surface area (Å²) in [5.74, 6) is -1.13. The van der Waals surface area contributed by atoms with E-state index < -0.39 is 5.97 Å². The first-order valence-electron chi connectivity index (χ1n) is 4.71. The van der Waals surface area contributed by atoms with Crippen molar-refractivity contribution in [1.29, 1.82) is 0 Å². The number of carboxylic acids is 1. The minimum absolute atomic E-state index is 0.0403. The van der Waals surface area contributed by atoms with Crippen LogP contribution in [0.3, 0.4) is 0 Å². The van der Waals surface area contributed by atoms with Crippen LogP contribution in [0, 0.1) is 5.92 Å². The van der Waals surface area contributed by atoms with Crippen LogP contribution < -0.4 is 5.32 Å². The van der Waals surface area contributed by atoms with Crippen LogP contribution >= 0.6 is 0 Å². The van der Waals surface area contributed by atoms with Crippen LogP contribution in [-0.4, -0.2) is 23.0 Å². The molecule has 0 aliphatic heterocycles. The van der Waals surface area contributed by atoms with Crippen molar-refractivity contribution in [1.82, 2.24) is 5.32 Å². The molecule has 0 radical (unpaired) electrons. The van der Waals surface area contributed by atoms with Crippen LogP contribution in [0.4, 0.5) is 0 Å². The molecule has 78 valence electrons. The number of aliphatic carboxylic acids is 1. The van der Waals surface area contributed by atoms with Crippen molar-refractivity contribution in [2.75, 3.05) is 0 Å². The van der Waals surface area contributed by atoms with Crippen molar-refractivity contribution >= 4 is 11.9 Å². The Bertz CT molecular complexity index is 277. The summed E-state index contributed by atoms with van der Waals surface area (Å²) < 4.78 is 0. The fourth-order valence-electron chi connectivity index (χ4n) is 1.37. The minimum atomic E-state index is -0.766. The van der Waals surface area contributed by atoms with Gasteiger partial charge in [-0.3, -0.25) is 9.59 Å². The lowest BCUT2D eigenvalue weighted by Crippen LogP contribution is -2.46. The van der Waals surface area contributed by atoms with E-state index in [4.69, 9.17) is 5.11 Å². The second-order valence-corrected chi connectivity index (χ2v) is 3.65. The average Bonchev–Trinajstić information content (AvgIpc) is 2.07. The van der Waals surface area contributed by atoms with E-state index >= 15 is 0 Å². The lowest BCUT2D eigenvalue weighted by molar-refractivity contribution is -0.146. The number of hydrogen-bond donors (Lipinski definition) is 2. The Morgan fingerprint density at radius 2 is 2.00 bits per heavy atom. The second kappa shape index (κ2) is 4.26. The zero-order chi connectivity index (χ0) is 10.7. The first-order chi connectivity index (χ1) is 6.54. The third kappa shape index (κ3) is 2.34. The summed E-state index contributed by atoms with van der Waals surface area (Å²) in [5, 5.41) is 11.4. The quantitative estimate of drug-likeness (QED) is 0.661. The Kier molecular flexibility index (Phi) is 3.28. The van der Waals surface area contributed by atoms with Gasteiger partial charge >= 0.3 is 5.97 Å². The van der Waals surface area contributed by atoms with Gasteiger partial charge in [-0.1, -0.05) is 6.08 Å². The topological polar surface area (TPSA) is 66.4 Å². The number of allylic oxidation sites excluding steroid dienone is 1. The normalized spacial score (nSPS) is 26.6. The van der Waals surface area contributed by atoms with E-state index in [1.807, 2.05) is 0 Å². The highest BCUT2D eigenvalue weighted by Crippen LogP contribution is 2.27. The maximum Gasteiger partial charge on any atom is 0.306 e. The molecule has 1 aliphatic carbocycles. The van der Waals surface area contributed by atoms with Gasteiger partial charge in [0.15, 0.2) is 0 Å². The summed E-state index contributed by atoms with van der Waals surface area (Å²) in [6, 6.07) is 0.0403. The molecule has 0 spiro atoms. The van der Waals surface area contributed by atoms with Crippen LogP contribution in [0.1, 0.15) is 26.7 Å². The Balaban J connectivity index is 2.30. The molecular weight excluding hydrogens is 182 g/mol. The zero-order valence-corrected chi connectivity index (χ0v) is 8.41. The largest absolute Gasteiger partial charge is 0.481 e. The lowest BCUT2D eigenvalue weighted by Gasteiger charge is -2.32. The van der Waals surface area contributed by atoms with Crippen molar-refractivity contribution < 1.29 is 14.7 Å². The van der Waals surface area contributed by atoms with Crippen LogP contribution in [0.5, 0.6) is 0 Å². The van der Waals surface area contributed by atoms with Gasteiger partial charge in [0.05, 0.1) is 5.92 Å². The minimum Gasteiger partial charge on any atom is -0.481 e. The molecule has 0 aromatic rings. The summed E-state index contributed by atoms with van der Waals surface area (Å²) in [4.78, 5) is 21.8. The molecule has 14 heavy (non-hydrogen) atoms. The van der Waals surface area contributed by atoms with E-state index in [1.165, 1.54) is 0 Å². The van der Waals surface area contributed by atoms with Crippen LogP contribution in [0.2, 0.25) is 0 Å². The van der Waals surface area contributed by atoms with Gasteiger partial charge in [-0.25, -0.2) is 0 Å². The smallest absolute Gasteiger partial charge is 0.306 e. The van der Waals surface area contributed by atoms with Crippen molar-refractivity contribution in [3.8, 4) is 0 Å². The third-order valence-electron chi connectivity index (χ3n) is 2.61. The predicted molar refractivity (Wildman–Crippen MR) is 51.7 cm³/mol. The molecule has 1 fully saturated rings. The van der Waals surface area contributed by atoms with E-state index in [9.17, 15) is 9.59 Å². The Morgan fingerprint density at radius 1 is 1.43 bits per heavy atom. The molecule has 0 aromatic carbocycles. The highest BCUT2D eigenvalue weighted by molar-refractivity contribution is 5.93. The van der Waals surface area contributed by atoms with E-state index in [-0.39, 0.29) is 17.9 Å². The molecule has 0 atom stereocenters. The summed E-state index contributed by atoms with van der Waals surface area (Å²) in [6.07, 6.45) is 2.85. The maximum atomic E-state index is 11.3. The second-order valence-electron chi connectivity index (χ2n) is 3.65. The van der Waals surface area contributed by atoms with Gasteiger partial charge in [0.25, 0.3) is 0 Å². The fourth-order valence-corrected chi connectivity index (χ4v) is 1.37. The maximum absolute atomic E-state index is 11.3. The third-order valence-corrected chi connectivity index (χ3v) is 2.61. The molecule has 4 heteroatoms. The van der Waals surface area contributed by atoms with Gasteiger partial charge in [0, 0.05) is 11.6 Å². The molecule has 1 rings (SSSR count). The average molecular weight is 197 g/mol. The standard InChI is InChI=1S/C10H15NO3/c1-3-6(2)9(12)11-8-4-7(5-8)10(13)14/h3,7-8H,4-5H2,1-2H3,(H,11,12)(H,13,14). The van der Waals surface area contributed by atoms with Gasteiger partial charge in [-0.15, -0.1) is 0 Å². The molecule has 0 heterocycles. The Morgan fingerprint density at radius 3 is 2.43 bits per heavy atom. The molecule has 1 saturated carbocycles. The van der Waals surface area contributed by atoms with Gasteiger partial charge in [0.1, 0.15) is 0 Å². The molecule has 0 bridgehead atoms. The van der Waals surface area contributed by atoms with Crippen molar-refractivity contribution in [3.63, 3.8) is 0 Å². The van der Waals surface area contributed by atoms with Gasteiger partial charge in [0.2, 0.25) is 5.91 Å². The van der Waals surface area contributed by atoms with Crippen molar-refractivity contribution in [2.45, 2.75) is 32.7 Å². The summed E-state index contributed by atoms with van der Waals surface area (Å²) in [7, 11) is 0. The zero-order valence-electron chi connectivity index (χ0n) is 8.41. The highest BCUT2D eigenvalue weighted by Gasteiger charge is 2.35. The number of carbonyl (C=O) groups excluding carboxylic acids is 1. The summed E-state index contributed by atoms with van der Waals surface area (Å²) >= 11 is 0.